The van der Waals surface area contributed by atoms with Crippen molar-refractivity contribution < 1.29 is 14.2 Å². The van der Waals surface area contributed by atoms with Crippen LogP contribution in [0.3, 0.4) is 0 Å². The molecule has 0 spiro atoms. The van der Waals surface area contributed by atoms with Gasteiger partial charge in [0.15, 0.2) is 17.5 Å². The highest BCUT2D eigenvalue weighted by Crippen LogP contribution is 2.32. The molecule has 152 valence electrons. The van der Waals surface area contributed by atoms with E-state index < -0.39 is 0 Å². The number of anilines is 1. The molecule has 1 heterocycles. The van der Waals surface area contributed by atoms with Gasteiger partial charge in [-0.15, -0.1) is 24.0 Å². The molecule has 0 fully saturated rings. The van der Waals surface area contributed by atoms with Crippen molar-refractivity contribution in [3.8, 4) is 17.2 Å². The van der Waals surface area contributed by atoms with Crippen molar-refractivity contribution in [3.63, 3.8) is 0 Å². The highest BCUT2D eigenvalue weighted by Gasteiger charge is 2.11. The largest absolute Gasteiger partial charge is 0.494 e. The van der Waals surface area contributed by atoms with Crippen LogP contribution in [0, 0.1) is 0 Å². The van der Waals surface area contributed by atoms with Crippen LogP contribution in [0.1, 0.15) is 25.8 Å². The lowest BCUT2D eigenvalue weighted by Gasteiger charge is -2.14. The van der Waals surface area contributed by atoms with E-state index in [-0.39, 0.29) is 24.0 Å². The summed E-state index contributed by atoms with van der Waals surface area (Å²) in [7, 11) is 0. The standard InChI is InChI=1S/C21H27N3O3.HI/c1-3-22-21(23-15-16-8-5-6-9-18(16)25-4-2)24-17-10-11-19-20(14-17)27-13-7-12-26-19;/h5-6,8-11,14H,3-4,7,12-13,15H2,1-2H3,(H2,22,23,24);1H. The van der Waals surface area contributed by atoms with Gasteiger partial charge in [-0.25, -0.2) is 4.99 Å². The minimum atomic E-state index is 0. The van der Waals surface area contributed by atoms with E-state index in [1.54, 1.807) is 0 Å². The Bertz CT molecular complexity index is 783. The molecular formula is C21H28IN3O3. The molecule has 0 atom stereocenters. The van der Waals surface area contributed by atoms with E-state index in [0.717, 1.165) is 41.5 Å². The first-order chi connectivity index (χ1) is 13.3. The number of fused-ring (bicyclic) bond motifs is 1. The number of para-hydroxylation sites is 1. The number of ether oxygens (including phenoxy) is 3. The van der Waals surface area contributed by atoms with Gasteiger partial charge in [0, 0.05) is 30.3 Å². The van der Waals surface area contributed by atoms with Crippen molar-refractivity contribution >= 4 is 35.6 Å². The Balaban J connectivity index is 0.00000280. The zero-order chi connectivity index (χ0) is 18.9. The summed E-state index contributed by atoms with van der Waals surface area (Å²) >= 11 is 0. The van der Waals surface area contributed by atoms with Gasteiger partial charge in [-0.1, -0.05) is 18.2 Å². The summed E-state index contributed by atoms with van der Waals surface area (Å²) in [6.07, 6.45) is 0.890. The first-order valence-electron chi connectivity index (χ1n) is 9.45. The molecular weight excluding hydrogens is 469 g/mol. The number of halogens is 1. The van der Waals surface area contributed by atoms with Gasteiger partial charge in [0.1, 0.15) is 5.75 Å². The number of hydrogen-bond donors (Lipinski definition) is 2. The molecule has 0 amide bonds. The van der Waals surface area contributed by atoms with Crippen LogP contribution in [0.5, 0.6) is 17.2 Å². The van der Waals surface area contributed by atoms with Gasteiger partial charge in [0.25, 0.3) is 0 Å². The smallest absolute Gasteiger partial charge is 0.196 e. The number of hydrogen-bond acceptors (Lipinski definition) is 4. The van der Waals surface area contributed by atoms with Gasteiger partial charge in [-0.2, -0.15) is 0 Å². The normalized spacial score (nSPS) is 13.1. The molecule has 0 radical (unpaired) electrons. The highest BCUT2D eigenvalue weighted by atomic mass is 127. The van der Waals surface area contributed by atoms with Crippen molar-refractivity contribution in [2.75, 3.05) is 31.7 Å². The van der Waals surface area contributed by atoms with E-state index in [1.165, 1.54) is 0 Å². The second-order valence-corrected chi connectivity index (χ2v) is 6.07. The number of guanidine groups is 1. The molecule has 0 aliphatic carbocycles. The van der Waals surface area contributed by atoms with E-state index in [1.807, 2.05) is 56.3 Å². The molecule has 3 rings (SSSR count). The summed E-state index contributed by atoms with van der Waals surface area (Å²) < 4.78 is 17.1. The number of aliphatic imine (C=N–C) groups is 1. The van der Waals surface area contributed by atoms with Gasteiger partial charge in [-0.3, -0.25) is 0 Å². The molecule has 2 aromatic carbocycles. The predicted octanol–water partition coefficient (Wildman–Crippen LogP) is 4.44. The maximum Gasteiger partial charge on any atom is 0.196 e. The Morgan fingerprint density at radius 2 is 1.86 bits per heavy atom. The molecule has 6 nitrogen and oxygen atoms in total. The molecule has 0 saturated carbocycles. The van der Waals surface area contributed by atoms with Crippen LogP contribution in [0.15, 0.2) is 47.5 Å². The van der Waals surface area contributed by atoms with Crippen LogP contribution < -0.4 is 24.8 Å². The predicted molar refractivity (Wildman–Crippen MR) is 124 cm³/mol. The minimum Gasteiger partial charge on any atom is -0.494 e. The van der Waals surface area contributed by atoms with Crippen molar-refractivity contribution in [1.29, 1.82) is 0 Å². The third-order valence-corrected chi connectivity index (χ3v) is 4.03. The summed E-state index contributed by atoms with van der Waals surface area (Å²) in [5.41, 5.74) is 1.95. The average Bonchev–Trinajstić information content (AvgIpc) is 2.92. The molecule has 7 heteroatoms. The van der Waals surface area contributed by atoms with Crippen LogP contribution >= 0.6 is 24.0 Å². The zero-order valence-electron chi connectivity index (χ0n) is 16.4. The van der Waals surface area contributed by atoms with Crippen LogP contribution in [-0.2, 0) is 6.54 Å². The number of nitrogens with one attached hydrogen (secondary N) is 2. The summed E-state index contributed by atoms with van der Waals surface area (Å²) in [6, 6.07) is 13.8. The van der Waals surface area contributed by atoms with Crippen molar-refractivity contribution in [3.05, 3.63) is 48.0 Å². The Kier molecular flexibility index (Phi) is 9.19. The van der Waals surface area contributed by atoms with Gasteiger partial charge in [0.05, 0.1) is 26.4 Å². The maximum absolute atomic E-state index is 5.76. The van der Waals surface area contributed by atoms with E-state index in [9.17, 15) is 0 Å². The first-order valence-corrected chi connectivity index (χ1v) is 9.45. The molecule has 2 aromatic rings. The van der Waals surface area contributed by atoms with Gasteiger partial charge >= 0.3 is 0 Å². The second kappa shape index (κ2) is 11.6. The van der Waals surface area contributed by atoms with Crippen LogP contribution in [0.4, 0.5) is 5.69 Å². The quantitative estimate of drug-likeness (QED) is 0.351. The van der Waals surface area contributed by atoms with Crippen molar-refractivity contribution in [2.45, 2.75) is 26.8 Å². The highest BCUT2D eigenvalue weighted by molar-refractivity contribution is 14.0. The van der Waals surface area contributed by atoms with Crippen molar-refractivity contribution in [1.82, 2.24) is 5.32 Å². The minimum absolute atomic E-state index is 0. The van der Waals surface area contributed by atoms with Crippen LogP contribution in [0.2, 0.25) is 0 Å². The van der Waals surface area contributed by atoms with Crippen molar-refractivity contribution in [2.24, 2.45) is 4.99 Å². The molecule has 1 aliphatic rings. The Hall–Kier alpha value is -2.16. The fraction of sp³-hybridized carbons (Fsp3) is 0.381. The van der Waals surface area contributed by atoms with Gasteiger partial charge < -0.3 is 24.8 Å². The summed E-state index contributed by atoms with van der Waals surface area (Å²) in [4.78, 5) is 4.69. The van der Waals surface area contributed by atoms with E-state index >= 15 is 0 Å². The lowest BCUT2D eigenvalue weighted by Crippen LogP contribution is -2.30. The number of nitrogens with zero attached hydrogens (tertiary/aromatic N) is 1. The second-order valence-electron chi connectivity index (χ2n) is 6.07. The number of rotatable bonds is 6. The monoisotopic (exact) mass is 497 g/mol. The number of benzene rings is 2. The third-order valence-electron chi connectivity index (χ3n) is 4.03. The lowest BCUT2D eigenvalue weighted by atomic mass is 10.2. The average molecular weight is 497 g/mol. The molecule has 28 heavy (non-hydrogen) atoms. The topological polar surface area (TPSA) is 64.1 Å². The Morgan fingerprint density at radius 3 is 2.64 bits per heavy atom. The molecule has 0 bridgehead atoms. The zero-order valence-corrected chi connectivity index (χ0v) is 18.7. The Labute approximate surface area is 183 Å². The fourth-order valence-corrected chi connectivity index (χ4v) is 2.78. The van der Waals surface area contributed by atoms with Gasteiger partial charge in [-0.05, 0) is 32.0 Å². The third kappa shape index (κ3) is 6.19. The molecule has 0 saturated heterocycles. The maximum atomic E-state index is 5.76. The first kappa shape index (κ1) is 22.1. The molecule has 2 N–H and O–H groups in total. The van der Waals surface area contributed by atoms with Crippen LogP contribution in [0.25, 0.3) is 0 Å². The SMILES string of the molecule is CCNC(=NCc1ccccc1OCC)Nc1ccc2c(c1)OCCCO2.I. The summed E-state index contributed by atoms with van der Waals surface area (Å²) in [5, 5.41) is 6.61. The summed E-state index contributed by atoms with van der Waals surface area (Å²) in [5.74, 6) is 3.12. The van der Waals surface area contributed by atoms with E-state index in [2.05, 4.69) is 10.6 Å². The van der Waals surface area contributed by atoms with Gasteiger partial charge in [0.2, 0.25) is 0 Å². The Morgan fingerprint density at radius 1 is 1.07 bits per heavy atom. The molecule has 1 aliphatic heterocycles. The van der Waals surface area contributed by atoms with Crippen LogP contribution in [-0.4, -0.2) is 32.3 Å². The fourth-order valence-electron chi connectivity index (χ4n) is 2.78. The summed E-state index contributed by atoms with van der Waals surface area (Å²) in [6.45, 7) is 7.30. The molecule has 0 aromatic heterocycles. The van der Waals surface area contributed by atoms with E-state index in [0.29, 0.717) is 32.3 Å². The molecule has 0 unspecified atom stereocenters. The lowest BCUT2D eigenvalue weighted by molar-refractivity contribution is 0.297. The van der Waals surface area contributed by atoms with E-state index in [4.69, 9.17) is 19.2 Å².